The predicted octanol–water partition coefficient (Wildman–Crippen LogP) is 3.93. The van der Waals surface area contributed by atoms with E-state index in [4.69, 9.17) is 22.7 Å². The molecule has 1 aromatic heterocycles. The Morgan fingerprint density at radius 3 is 2.59 bits per heavy atom. The largest absolute Gasteiger partial charge is 0.383 e. The minimum absolute atomic E-state index is 0.165. The Balaban J connectivity index is 1.81. The molecule has 0 atom stereocenters. The van der Waals surface area contributed by atoms with Gasteiger partial charge < -0.3 is 21.3 Å². The maximum Gasteiger partial charge on any atom is 0.248 e. The number of amides is 1. The van der Waals surface area contributed by atoms with Crippen molar-refractivity contribution in [2.45, 2.75) is 0 Å². The molecular formula is C23H24ClN7O. The maximum absolute atomic E-state index is 12.1. The molecule has 0 aliphatic rings. The lowest BCUT2D eigenvalue weighted by molar-refractivity contribution is -0.111. The highest BCUT2D eigenvalue weighted by atomic mass is 35.5. The van der Waals surface area contributed by atoms with Crippen LogP contribution in [0.1, 0.15) is 11.1 Å². The van der Waals surface area contributed by atoms with E-state index in [1.807, 2.05) is 25.1 Å². The van der Waals surface area contributed by atoms with Gasteiger partial charge in [-0.05, 0) is 44.4 Å². The second-order valence-electron chi connectivity index (χ2n) is 7.22. The molecule has 0 spiro atoms. The number of likely N-dealkylation sites (N-methyl/N-ethyl adjacent to an activating group) is 1. The van der Waals surface area contributed by atoms with Crippen molar-refractivity contribution in [3.8, 4) is 0 Å². The van der Waals surface area contributed by atoms with Crippen LogP contribution in [0.25, 0.3) is 0 Å². The van der Waals surface area contributed by atoms with Gasteiger partial charge in [0.25, 0.3) is 0 Å². The van der Waals surface area contributed by atoms with Crippen molar-refractivity contribution in [3.05, 3.63) is 83.2 Å². The summed E-state index contributed by atoms with van der Waals surface area (Å²) in [6.07, 6.45) is 4.62. The molecule has 0 fully saturated rings. The lowest BCUT2D eigenvalue weighted by Gasteiger charge is -2.14. The average Bonchev–Trinajstić information content (AvgIpc) is 2.74. The van der Waals surface area contributed by atoms with E-state index in [1.165, 1.54) is 12.4 Å². The Hall–Kier alpha value is -3.75. The molecule has 0 saturated heterocycles. The van der Waals surface area contributed by atoms with Gasteiger partial charge in [0.05, 0.1) is 11.3 Å². The Bertz CT molecular complexity index is 1140. The van der Waals surface area contributed by atoms with Crippen LogP contribution in [0.3, 0.4) is 0 Å². The zero-order chi connectivity index (χ0) is 23.1. The van der Waals surface area contributed by atoms with E-state index in [-0.39, 0.29) is 17.4 Å². The van der Waals surface area contributed by atoms with Crippen LogP contribution in [0.4, 0.5) is 23.0 Å². The molecule has 0 saturated carbocycles. The van der Waals surface area contributed by atoms with Gasteiger partial charge in [0.15, 0.2) is 0 Å². The van der Waals surface area contributed by atoms with E-state index in [9.17, 15) is 4.79 Å². The first-order chi connectivity index (χ1) is 15.3. The van der Waals surface area contributed by atoms with Crippen molar-refractivity contribution in [2.75, 3.05) is 37.0 Å². The van der Waals surface area contributed by atoms with E-state index >= 15 is 0 Å². The quantitative estimate of drug-likeness (QED) is 0.305. The van der Waals surface area contributed by atoms with Crippen molar-refractivity contribution in [1.82, 2.24) is 14.9 Å². The fourth-order valence-electron chi connectivity index (χ4n) is 2.87. The number of nitrogens with two attached hydrogens (primary N) is 1. The summed E-state index contributed by atoms with van der Waals surface area (Å²) in [6, 6.07) is 14.1. The second-order valence-corrected chi connectivity index (χ2v) is 7.66. The predicted molar refractivity (Wildman–Crippen MR) is 130 cm³/mol. The minimum atomic E-state index is -0.222. The molecule has 0 unspecified atom stereocenters. The topological polar surface area (TPSA) is 120 Å². The number of carbonyl (C=O) groups excluding carboxylic acids is 1. The van der Waals surface area contributed by atoms with Gasteiger partial charge in [-0.15, -0.1) is 0 Å². The molecule has 164 valence electrons. The molecule has 0 aliphatic heterocycles. The van der Waals surface area contributed by atoms with Crippen LogP contribution >= 0.6 is 11.6 Å². The lowest BCUT2D eigenvalue weighted by atomic mass is 10.0. The molecular weight excluding hydrogens is 426 g/mol. The number of rotatable bonds is 8. The van der Waals surface area contributed by atoms with Crippen LogP contribution in [0, 0.1) is 5.41 Å². The van der Waals surface area contributed by atoms with Crippen LogP contribution in [-0.4, -0.2) is 47.1 Å². The molecule has 3 aromatic rings. The molecule has 2 aromatic carbocycles. The smallest absolute Gasteiger partial charge is 0.248 e. The number of nitrogen functional groups attached to an aromatic ring is 1. The van der Waals surface area contributed by atoms with Gasteiger partial charge in [0.1, 0.15) is 18.0 Å². The van der Waals surface area contributed by atoms with Crippen molar-refractivity contribution in [3.63, 3.8) is 0 Å². The second kappa shape index (κ2) is 10.5. The van der Waals surface area contributed by atoms with Crippen molar-refractivity contribution < 1.29 is 4.79 Å². The summed E-state index contributed by atoms with van der Waals surface area (Å²) in [5.74, 6) is 0.338. The standard InChI is InChI=1S/C23H24ClN7O/c1-31(2)12-4-7-19(32)29-17-5-3-6-18(13-17)30-23-20(22(26)27-14-28-23)21(25)15-8-10-16(24)11-9-15/h3-11,13-14,25H,12H2,1-2H3,(H,29,32)(H3,26,27,28,30)/b7-4+,25-21?. The van der Waals surface area contributed by atoms with Gasteiger partial charge in [-0.1, -0.05) is 35.9 Å². The third kappa shape index (κ3) is 6.13. The monoisotopic (exact) mass is 449 g/mol. The highest BCUT2D eigenvalue weighted by molar-refractivity contribution is 6.30. The highest BCUT2D eigenvalue weighted by Crippen LogP contribution is 2.26. The summed E-state index contributed by atoms with van der Waals surface area (Å²) >= 11 is 5.96. The van der Waals surface area contributed by atoms with Crippen LogP contribution in [0.15, 0.2) is 67.0 Å². The Labute approximate surface area is 191 Å². The van der Waals surface area contributed by atoms with Crippen LogP contribution in [0.5, 0.6) is 0 Å². The average molecular weight is 450 g/mol. The third-order valence-electron chi connectivity index (χ3n) is 4.39. The summed E-state index contributed by atoms with van der Waals surface area (Å²) in [5.41, 5.74) is 8.53. The first-order valence-corrected chi connectivity index (χ1v) is 10.2. The number of benzene rings is 2. The normalized spacial score (nSPS) is 11.0. The van der Waals surface area contributed by atoms with E-state index < -0.39 is 0 Å². The third-order valence-corrected chi connectivity index (χ3v) is 4.64. The number of halogens is 1. The number of carbonyl (C=O) groups is 1. The molecule has 1 heterocycles. The number of aromatic nitrogens is 2. The van der Waals surface area contributed by atoms with Gasteiger partial charge >= 0.3 is 0 Å². The summed E-state index contributed by atoms with van der Waals surface area (Å²) < 4.78 is 0. The van der Waals surface area contributed by atoms with E-state index in [2.05, 4.69) is 20.6 Å². The molecule has 3 rings (SSSR count). The van der Waals surface area contributed by atoms with Gasteiger partial charge in [-0.2, -0.15) is 0 Å². The summed E-state index contributed by atoms with van der Waals surface area (Å²) in [5, 5.41) is 15.2. The molecule has 0 radical (unpaired) electrons. The first kappa shape index (κ1) is 22.9. The van der Waals surface area contributed by atoms with Crippen LogP contribution in [0.2, 0.25) is 5.02 Å². The zero-order valence-corrected chi connectivity index (χ0v) is 18.5. The minimum Gasteiger partial charge on any atom is -0.383 e. The Morgan fingerprint density at radius 2 is 1.88 bits per heavy atom. The molecule has 8 nitrogen and oxygen atoms in total. The van der Waals surface area contributed by atoms with Crippen LogP contribution in [-0.2, 0) is 4.79 Å². The molecule has 1 amide bonds. The molecule has 32 heavy (non-hydrogen) atoms. The summed E-state index contributed by atoms with van der Waals surface area (Å²) in [7, 11) is 3.86. The Kier molecular flexibility index (Phi) is 7.54. The summed E-state index contributed by atoms with van der Waals surface area (Å²) in [4.78, 5) is 22.4. The van der Waals surface area contributed by atoms with Crippen LogP contribution < -0.4 is 16.4 Å². The zero-order valence-electron chi connectivity index (χ0n) is 17.8. The SMILES string of the molecule is CN(C)C/C=C/C(=O)Nc1cccc(Nc2ncnc(N)c2C(=N)c2ccc(Cl)cc2)c1. The molecule has 0 bridgehead atoms. The van der Waals surface area contributed by atoms with Crippen molar-refractivity contribution >= 4 is 46.2 Å². The van der Waals surface area contributed by atoms with E-state index in [1.54, 1.807) is 48.5 Å². The maximum atomic E-state index is 12.1. The van der Waals surface area contributed by atoms with Crippen molar-refractivity contribution in [2.24, 2.45) is 0 Å². The molecule has 0 aliphatic carbocycles. The number of hydrogen-bond donors (Lipinski definition) is 4. The number of nitrogens with one attached hydrogen (secondary N) is 3. The highest BCUT2D eigenvalue weighted by Gasteiger charge is 2.16. The van der Waals surface area contributed by atoms with Gasteiger partial charge in [-0.25, -0.2) is 9.97 Å². The molecule has 9 heteroatoms. The Morgan fingerprint density at radius 1 is 1.16 bits per heavy atom. The van der Waals surface area contributed by atoms with Crippen molar-refractivity contribution in [1.29, 1.82) is 5.41 Å². The van der Waals surface area contributed by atoms with Gasteiger partial charge in [0.2, 0.25) is 5.91 Å². The first-order valence-electron chi connectivity index (χ1n) is 9.78. The fourth-order valence-corrected chi connectivity index (χ4v) is 2.99. The van der Waals surface area contributed by atoms with E-state index in [0.717, 1.165) is 0 Å². The van der Waals surface area contributed by atoms with Gasteiger partial charge in [0, 0.05) is 34.6 Å². The lowest BCUT2D eigenvalue weighted by Crippen LogP contribution is -2.13. The summed E-state index contributed by atoms with van der Waals surface area (Å²) in [6.45, 7) is 0.673. The number of anilines is 4. The fraction of sp³-hybridized carbons (Fsp3) is 0.130. The molecule has 5 N–H and O–H groups in total. The van der Waals surface area contributed by atoms with Gasteiger partial charge in [-0.3, -0.25) is 10.2 Å². The van der Waals surface area contributed by atoms with E-state index in [0.29, 0.717) is 39.9 Å². The number of hydrogen-bond acceptors (Lipinski definition) is 7. The number of nitrogens with zero attached hydrogens (tertiary/aromatic N) is 3.